The summed E-state index contributed by atoms with van der Waals surface area (Å²) >= 11 is 1.21. The molecule has 1 atom stereocenters. The third kappa shape index (κ3) is 4.63. The van der Waals surface area contributed by atoms with Crippen molar-refractivity contribution >= 4 is 40.0 Å². The van der Waals surface area contributed by atoms with Gasteiger partial charge in [0.15, 0.2) is 10.9 Å². The molecule has 1 amide bonds. The maximum Gasteiger partial charge on any atom is 0.262 e. The fourth-order valence-corrected chi connectivity index (χ4v) is 3.69. The molecule has 0 saturated carbocycles. The lowest BCUT2D eigenvalue weighted by Crippen LogP contribution is -2.26. The van der Waals surface area contributed by atoms with Crippen LogP contribution in [0.4, 0.5) is 5.69 Å². The van der Waals surface area contributed by atoms with Gasteiger partial charge in [-0.05, 0) is 50.2 Å². The lowest BCUT2D eigenvalue weighted by molar-refractivity contribution is -0.115. The quantitative estimate of drug-likeness (QED) is 0.278. The van der Waals surface area contributed by atoms with Crippen molar-refractivity contribution in [2.75, 3.05) is 5.32 Å². The minimum atomic E-state index is -0.494. The van der Waals surface area contributed by atoms with Crippen LogP contribution in [0.15, 0.2) is 71.1 Å². The van der Waals surface area contributed by atoms with Gasteiger partial charge < -0.3 is 5.32 Å². The molecular weight excluding hydrogens is 386 g/mol. The normalized spacial score (nSPS) is 11.8. The molecule has 6 nitrogen and oxygen atoms in total. The molecule has 1 N–H and O–H groups in total. The van der Waals surface area contributed by atoms with Crippen LogP contribution in [0, 0.1) is 0 Å². The summed E-state index contributed by atoms with van der Waals surface area (Å²) in [7, 11) is 0. The molecule has 2 aromatic carbocycles. The summed E-state index contributed by atoms with van der Waals surface area (Å²) in [5.74, 6) is -0.257. The van der Waals surface area contributed by atoms with E-state index < -0.39 is 5.25 Å². The zero-order chi connectivity index (χ0) is 21.0. The number of benzene rings is 2. The summed E-state index contributed by atoms with van der Waals surface area (Å²) in [6.45, 7) is 7.26. The lowest BCUT2D eigenvalue weighted by Gasteiger charge is -2.15. The van der Waals surface area contributed by atoms with Crippen LogP contribution in [-0.4, -0.2) is 26.5 Å². The number of nitrogens with zero attached hydrogens (tertiary/aromatic N) is 2. The van der Waals surface area contributed by atoms with E-state index in [9.17, 15) is 14.4 Å². The van der Waals surface area contributed by atoms with Gasteiger partial charge in [-0.15, -0.1) is 6.58 Å². The number of ketones is 1. The number of aromatic nitrogens is 2. The predicted octanol–water partition coefficient (Wildman–Crippen LogP) is 3.90. The minimum Gasteiger partial charge on any atom is -0.325 e. The SMILES string of the molecule is C=CCn1c(S[C@@H](C)C(=O)Nc2ccc(C(C)=O)cc2)nc2ccccc2c1=O. The van der Waals surface area contributed by atoms with Gasteiger partial charge in [0.1, 0.15) is 0 Å². The first-order valence-corrected chi connectivity index (χ1v) is 9.97. The Morgan fingerprint density at radius 3 is 2.55 bits per heavy atom. The van der Waals surface area contributed by atoms with E-state index >= 15 is 0 Å². The Bertz CT molecular complexity index is 1140. The van der Waals surface area contributed by atoms with Gasteiger partial charge in [0.2, 0.25) is 5.91 Å². The van der Waals surface area contributed by atoms with Crippen molar-refractivity contribution in [3.05, 3.63) is 77.1 Å². The van der Waals surface area contributed by atoms with Gasteiger partial charge in [-0.2, -0.15) is 0 Å². The van der Waals surface area contributed by atoms with E-state index in [0.717, 1.165) is 0 Å². The first-order chi connectivity index (χ1) is 13.9. The van der Waals surface area contributed by atoms with Crippen molar-refractivity contribution in [3.63, 3.8) is 0 Å². The summed E-state index contributed by atoms with van der Waals surface area (Å²) in [5, 5.41) is 3.32. The van der Waals surface area contributed by atoms with Crippen molar-refractivity contribution in [2.24, 2.45) is 0 Å². The highest BCUT2D eigenvalue weighted by Crippen LogP contribution is 2.24. The number of fused-ring (bicyclic) bond motifs is 1. The number of allylic oxidation sites excluding steroid dienone is 1. The van der Waals surface area contributed by atoms with Gasteiger partial charge in [-0.25, -0.2) is 4.98 Å². The lowest BCUT2D eigenvalue weighted by atomic mass is 10.1. The van der Waals surface area contributed by atoms with Crippen molar-refractivity contribution in [3.8, 4) is 0 Å². The largest absolute Gasteiger partial charge is 0.325 e. The zero-order valence-electron chi connectivity index (χ0n) is 16.2. The molecule has 0 bridgehead atoms. The first-order valence-electron chi connectivity index (χ1n) is 9.09. The summed E-state index contributed by atoms with van der Waals surface area (Å²) < 4.78 is 1.52. The molecule has 0 radical (unpaired) electrons. The zero-order valence-corrected chi connectivity index (χ0v) is 17.0. The number of carbonyl (C=O) groups excluding carboxylic acids is 2. The van der Waals surface area contributed by atoms with Crippen molar-refractivity contribution in [1.29, 1.82) is 0 Å². The fourth-order valence-electron chi connectivity index (χ4n) is 2.77. The van der Waals surface area contributed by atoms with Gasteiger partial charge in [0.05, 0.1) is 16.2 Å². The van der Waals surface area contributed by atoms with Gasteiger partial charge >= 0.3 is 0 Å². The maximum atomic E-state index is 12.8. The Morgan fingerprint density at radius 1 is 1.21 bits per heavy atom. The molecule has 0 aliphatic heterocycles. The second-order valence-corrected chi connectivity index (χ2v) is 7.81. The van der Waals surface area contributed by atoms with Crippen LogP contribution >= 0.6 is 11.8 Å². The van der Waals surface area contributed by atoms with Crippen molar-refractivity contribution in [2.45, 2.75) is 30.8 Å². The minimum absolute atomic E-state index is 0.0330. The van der Waals surface area contributed by atoms with E-state index in [2.05, 4.69) is 16.9 Å². The number of hydrogen-bond acceptors (Lipinski definition) is 5. The van der Waals surface area contributed by atoms with Crippen LogP contribution in [0.1, 0.15) is 24.2 Å². The highest BCUT2D eigenvalue weighted by molar-refractivity contribution is 8.00. The topological polar surface area (TPSA) is 81.1 Å². The first kappa shape index (κ1) is 20.5. The van der Waals surface area contributed by atoms with Crippen molar-refractivity contribution < 1.29 is 9.59 Å². The van der Waals surface area contributed by atoms with Crippen LogP contribution in [0.25, 0.3) is 10.9 Å². The van der Waals surface area contributed by atoms with E-state index in [1.54, 1.807) is 55.5 Å². The summed E-state index contributed by atoms with van der Waals surface area (Å²) in [5.41, 5.74) is 1.61. The van der Waals surface area contributed by atoms with Crippen LogP contribution in [0.2, 0.25) is 0 Å². The molecule has 0 spiro atoms. The number of carbonyl (C=O) groups is 2. The molecule has 7 heteroatoms. The number of amides is 1. The number of Topliss-reactive ketones (excluding diaryl/α,β-unsaturated/α-hetero) is 1. The number of hydrogen-bond donors (Lipinski definition) is 1. The molecule has 1 aromatic heterocycles. The monoisotopic (exact) mass is 407 g/mol. The average molecular weight is 407 g/mol. The van der Waals surface area contributed by atoms with Crippen molar-refractivity contribution in [1.82, 2.24) is 9.55 Å². The molecule has 0 aliphatic rings. The molecule has 0 unspecified atom stereocenters. The van der Waals surface area contributed by atoms with Crippen LogP contribution < -0.4 is 10.9 Å². The summed E-state index contributed by atoms with van der Waals surface area (Å²) in [6, 6.07) is 13.8. The smallest absolute Gasteiger partial charge is 0.262 e. The standard InChI is InChI=1S/C22H21N3O3S/c1-4-13-25-21(28)18-7-5-6-8-19(18)24-22(25)29-15(3)20(27)23-17-11-9-16(10-12-17)14(2)26/h4-12,15H,1,13H2,2-3H3,(H,23,27)/t15-/m0/s1. The number of nitrogens with one attached hydrogen (secondary N) is 1. The molecular formula is C22H21N3O3S. The Kier molecular flexibility index (Phi) is 6.29. The fraction of sp³-hybridized carbons (Fsp3) is 0.182. The molecule has 148 valence electrons. The second kappa shape index (κ2) is 8.87. The Balaban J connectivity index is 1.82. The Labute approximate surface area is 172 Å². The third-order valence-corrected chi connectivity index (χ3v) is 5.44. The van der Waals surface area contributed by atoms with E-state index in [-0.39, 0.29) is 17.2 Å². The van der Waals surface area contributed by atoms with E-state index in [4.69, 9.17) is 0 Å². The molecule has 0 aliphatic carbocycles. The highest BCUT2D eigenvalue weighted by Gasteiger charge is 2.19. The van der Waals surface area contributed by atoms with Gasteiger partial charge in [0, 0.05) is 17.8 Å². The van der Waals surface area contributed by atoms with Crippen LogP contribution in [0.5, 0.6) is 0 Å². The number of rotatable bonds is 7. The average Bonchev–Trinajstić information content (AvgIpc) is 2.71. The maximum absolute atomic E-state index is 12.8. The Hall–Kier alpha value is -3.19. The Morgan fingerprint density at radius 2 is 1.90 bits per heavy atom. The highest BCUT2D eigenvalue weighted by atomic mass is 32.2. The third-order valence-electron chi connectivity index (χ3n) is 4.35. The predicted molar refractivity (Wildman–Crippen MR) is 117 cm³/mol. The molecule has 1 heterocycles. The molecule has 29 heavy (non-hydrogen) atoms. The van der Waals surface area contributed by atoms with Crippen LogP contribution in [-0.2, 0) is 11.3 Å². The van der Waals surface area contributed by atoms with Crippen LogP contribution in [0.3, 0.4) is 0 Å². The number of para-hydroxylation sites is 1. The van der Waals surface area contributed by atoms with Gasteiger partial charge in [0.25, 0.3) is 5.56 Å². The van der Waals surface area contributed by atoms with Gasteiger partial charge in [-0.1, -0.05) is 30.0 Å². The van der Waals surface area contributed by atoms with E-state index in [1.165, 1.54) is 23.3 Å². The molecule has 0 fully saturated rings. The molecule has 3 rings (SSSR count). The second-order valence-electron chi connectivity index (χ2n) is 6.50. The number of anilines is 1. The summed E-state index contributed by atoms with van der Waals surface area (Å²) in [4.78, 5) is 41.4. The molecule has 0 saturated heterocycles. The summed E-state index contributed by atoms with van der Waals surface area (Å²) in [6.07, 6.45) is 1.63. The number of thioether (sulfide) groups is 1. The van der Waals surface area contributed by atoms with E-state index in [1.807, 2.05) is 6.07 Å². The van der Waals surface area contributed by atoms with E-state index in [0.29, 0.717) is 33.9 Å². The van der Waals surface area contributed by atoms with Gasteiger partial charge in [-0.3, -0.25) is 19.0 Å². The molecule has 3 aromatic rings.